The van der Waals surface area contributed by atoms with E-state index in [0.29, 0.717) is 0 Å². The van der Waals surface area contributed by atoms with Crippen molar-refractivity contribution in [2.45, 2.75) is 40.3 Å². The first-order chi connectivity index (χ1) is 11.0. The number of rotatable bonds is 6. The Balaban J connectivity index is 2.04. The average Bonchev–Trinajstić information content (AvgIpc) is 2.55. The quantitative estimate of drug-likeness (QED) is 0.869. The molecule has 0 aromatic heterocycles. The van der Waals surface area contributed by atoms with E-state index >= 15 is 0 Å². The Morgan fingerprint density at radius 2 is 1.83 bits per heavy atom. The summed E-state index contributed by atoms with van der Waals surface area (Å²) in [6, 6.07) is 16.2. The van der Waals surface area contributed by atoms with Gasteiger partial charge in [-0.25, -0.2) is 0 Å². The Labute approximate surface area is 139 Å². The number of nitrogens with one attached hydrogen (secondary N) is 1. The van der Waals surface area contributed by atoms with Crippen molar-refractivity contribution in [3.63, 3.8) is 0 Å². The van der Waals surface area contributed by atoms with Gasteiger partial charge in [0.2, 0.25) is 5.91 Å². The monoisotopic (exact) mass is 310 g/mol. The number of hydrogen-bond donors (Lipinski definition) is 1. The molecule has 3 nitrogen and oxygen atoms in total. The number of carbonyl (C=O) groups is 1. The van der Waals surface area contributed by atoms with Crippen molar-refractivity contribution in [1.29, 1.82) is 0 Å². The zero-order valence-corrected chi connectivity index (χ0v) is 14.5. The molecule has 23 heavy (non-hydrogen) atoms. The van der Waals surface area contributed by atoms with Crippen LogP contribution in [0.3, 0.4) is 0 Å². The van der Waals surface area contributed by atoms with Crippen molar-refractivity contribution in [1.82, 2.24) is 4.90 Å². The molecule has 0 fully saturated rings. The number of hydrogen-bond acceptors (Lipinski definition) is 2. The number of anilines is 1. The van der Waals surface area contributed by atoms with Gasteiger partial charge in [-0.3, -0.25) is 9.69 Å². The summed E-state index contributed by atoms with van der Waals surface area (Å²) in [5.41, 5.74) is 4.41. The predicted molar refractivity (Wildman–Crippen MR) is 96.5 cm³/mol. The standard InChI is InChI=1S/C20H26N2O/c1-5-22(14-18-9-7-6-8-10-18)17(4)20(23)21-19-12-11-15(2)13-16(19)3/h6-13,17H,5,14H2,1-4H3,(H,21,23). The maximum atomic E-state index is 12.6. The summed E-state index contributed by atoms with van der Waals surface area (Å²) in [6.07, 6.45) is 0. The molecule has 1 N–H and O–H groups in total. The van der Waals surface area contributed by atoms with Crippen LogP contribution in [0.5, 0.6) is 0 Å². The Morgan fingerprint density at radius 3 is 2.43 bits per heavy atom. The number of aryl methyl sites for hydroxylation is 2. The number of likely N-dealkylation sites (N-methyl/N-ethyl adjacent to an activating group) is 1. The van der Waals surface area contributed by atoms with Crippen molar-refractivity contribution < 1.29 is 4.79 Å². The third kappa shape index (κ3) is 4.67. The summed E-state index contributed by atoms with van der Waals surface area (Å²) in [4.78, 5) is 14.8. The van der Waals surface area contributed by atoms with Crippen LogP contribution in [0.4, 0.5) is 5.69 Å². The van der Waals surface area contributed by atoms with Gasteiger partial charge >= 0.3 is 0 Å². The van der Waals surface area contributed by atoms with Gasteiger partial charge < -0.3 is 5.32 Å². The highest BCUT2D eigenvalue weighted by Gasteiger charge is 2.20. The van der Waals surface area contributed by atoms with Crippen LogP contribution >= 0.6 is 0 Å². The van der Waals surface area contributed by atoms with Crippen molar-refractivity contribution in [3.05, 3.63) is 65.2 Å². The molecule has 2 aromatic carbocycles. The fourth-order valence-electron chi connectivity index (χ4n) is 2.70. The summed E-state index contributed by atoms with van der Waals surface area (Å²) in [6.45, 7) is 9.74. The average molecular weight is 310 g/mol. The van der Waals surface area contributed by atoms with Crippen molar-refractivity contribution in [2.24, 2.45) is 0 Å². The van der Waals surface area contributed by atoms with E-state index in [1.165, 1.54) is 11.1 Å². The topological polar surface area (TPSA) is 32.3 Å². The van der Waals surface area contributed by atoms with Gasteiger partial charge in [-0.2, -0.15) is 0 Å². The molecule has 0 aliphatic heterocycles. The van der Waals surface area contributed by atoms with Crippen LogP contribution in [0.25, 0.3) is 0 Å². The molecule has 0 aliphatic carbocycles. The number of benzene rings is 2. The minimum absolute atomic E-state index is 0.0368. The van der Waals surface area contributed by atoms with Crippen LogP contribution in [-0.4, -0.2) is 23.4 Å². The summed E-state index contributed by atoms with van der Waals surface area (Å²) in [5, 5.41) is 3.06. The molecular weight excluding hydrogens is 284 g/mol. The van der Waals surface area contributed by atoms with Gasteiger partial charge in [0.25, 0.3) is 0 Å². The van der Waals surface area contributed by atoms with Crippen LogP contribution < -0.4 is 5.32 Å². The third-order valence-corrected chi connectivity index (χ3v) is 4.20. The first-order valence-electron chi connectivity index (χ1n) is 8.17. The smallest absolute Gasteiger partial charge is 0.241 e. The highest BCUT2D eigenvalue weighted by atomic mass is 16.2. The number of carbonyl (C=O) groups excluding carboxylic acids is 1. The van der Waals surface area contributed by atoms with E-state index in [0.717, 1.165) is 24.3 Å². The molecule has 3 heteroatoms. The van der Waals surface area contributed by atoms with Crippen LogP contribution in [0.15, 0.2) is 48.5 Å². The molecule has 1 atom stereocenters. The zero-order valence-electron chi connectivity index (χ0n) is 14.5. The molecule has 0 aliphatic rings. The van der Waals surface area contributed by atoms with Crippen LogP contribution in [0.1, 0.15) is 30.5 Å². The van der Waals surface area contributed by atoms with Crippen molar-refractivity contribution >= 4 is 11.6 Å². The van der Waals surface area contributed by atoms with Gasteiger partial charge in [0, 0.05) is 12.2 Å². The zero-order chi connectivity index (χ0) is 16.8. The normalized spacial score (nSPS) is 12.2. The molecule has 0 heterocycles. The minimum atomic E-state index is -0.180. The summed E-state index contributed by atoms with van der Waals surface area (Å²) >= 11 is 0. The van der Waals surface area contributed by atoms with Gasteiger partial charge in [0.1, 0.15) is 0 Å². The Kier molecular flexibility index (Phi) is 5.94. The highest BCUT2D eigenvalue weighted by Crippen LogP contribution is 2.17. The summed E-state index contributed by atoms with van der Waals surface area (Å²) in [5.74, 6) is 0.0368. The van der Waals surface area contributed by atoms with Gasteiger partial charge in [-0.15, -0.1) is 0 Å². The Hall–Kier alpha value is -2.13. The van der Waals surface area contributed by atoms with Crippen LogP contribution in [0, 0.1) is 13.8 Å². The molecule has 2 aromatic rings. The second-order valence-electron chi connectivity index (χ2n) is 6.03. The second kappa shape index (κ2) is 7.93. The lowest BCUT2D eigenvalue weighted by Gasteiger charge is -2.27. The predicted octanol–water partition coefficient (Wildman–Crippen LogP) is 4.15. The van der Waals surface area contributed by atoms with Gasteiger partial charge in [0.15, 0.2) is 0 Å². The molecule has 0 bridgehead atoms. The van der Waals surface area contributed by atoms with E-state index in [1.54, 1.807) is 0 Å². The van der Waals surface area contributed by atoms with Gasteiger partial charge in [-0.05, 0) is 44.5 Å². The van der Waals surface area contributed by atoms with E-state index in [4.69, 9.17) is 0 Å². The third-order valence-electron chi connectivity index (χ3n) is 4.20. The lowest BCUT2D eigenvalue weighted by atomic mass is 10.1. The largest absolute Gasteiger partial charge is 0.324 e. The van der Waals surface area contributed by atoms with Gasteiger partial charge in [-0.1, -0.05) is 55.0 Å². The molecule has 1 unspecified atom stereocenters. The second-order valence-corrected chi connectivity index (χ2v) is 6.03. The first kappa shape index (κ1) is 17.2. The summed E-state index contributed by atoms with van der Waals surface area (Å²) in [7, 11) is 0. The fraction of sp³-hybridized carbons (Fsp3) is 0.350. The van der Waals surface area contributed by atoms with E-state index in [2.05, 4.69) is 42.3 Å². The fourth-order valence-corrected chi connectivity index (χ4v) is 2.70. The molecule has 0 saturated carbocycles. The first-order valence-corrected chi connectivity index (χ1v) is 8.17. The lowest BCUT2D eigenvalue weighted by molar-refractivity contribution is -0.120. The molecule has 0 spiro atoms. The van der Waals surface area contributed by atoms with Crippen molar-refractivity contribution in [2.75, 3.05) is 11.9 Å². The Bertz CT molecular complexity index is 652. The van der Waals surface area contributed by atoms with Crippen molar-refractivity contribution in [3.8, 4) is 0 Å². The summed E-state index contributed by atoms with van der Waals surface area (Å²) < 4.78 is 0. The van der Waals surface area contributed by atoms with E-state index < -0.39 is 0 Å². The Morgan fingerprint density at radius 1 is 1.13 bits per heavy atom. The number of nitrogens with zero attached hydrogens (tertiary/aromatic N) is 1. The van der Waals surface area contributed by atoms with Crippen LogP contribution in [0.2, 0.25) is 0 Å². The van der Waals surface area contributed by atoms with Gasteiger partial charge in [0.05, 0.1) is 6.04 Å². The van der Waals surface area contributed by atoms with E-state index in [-0.39, 0.29) is 11.9 Å². The maximum Gasteiger partial charge on any atom is 0.241 e. The van der Waals surface area contributed by atoms with Crippen LogP contribution in [-0.2, 0) is 11.3 Å². The molecule has 1 amide bonds. The molecule has 122 valence electrons. The SMILES string of the molecule is CCN(Cc1ccccc1)C(C)C(=O)Nc1ccc(C)cc1C. The maximum absolute atomic E-state index is 12.6. The molecule has 2 rings (SSSR count). The number of amides is 1. The molecule has 0 radical (unpaired) electrons. The molecular formula is C20H26N2O. The lowest BCUT2D eigenvalue weighted by Crippen LogP contribution is -2.41. The highest BCUT2D eigenvalue weighted by molar-refractivity contribution is 5.95. The minimum Gasteiger partial charge on any atom is -0.324 e. The van der Waals surface area contributed by atoms with E-state index in [9.17, 15) is 4.79 Å². The van der Waals surface area contributed by atoms with E-state index in [1.807, 2.05) is 44.2 Å². The molecule has 0 saturated heterocycles.